The molecule has 2 rings (SSSR count). The first-order valence-corrected chi connectivity index (χ1v) is 6.57. The van der Waals surface area contributed by atoms with Crippen LogP contribution in [0.3, 0.4) is 0 Å². The molecule has 0 bridgehead atoms. The zero-order chi connectivity index (χ0) is 13.0. The second-order valence-electron chi connectivity index (χ2n) is 3.85. The van der Waals surface area contributed by atoms with Crippen molar-refractivity contribution < 1.29 is 0 Å². The molecular weight excluding hydrogens is 288 g/mol. The van der Waals surface area contributed by atoms with Crippen molar-refractivity contribution in [3.63, 3.8) is 0 Å². The molecule has 0 radical (unpaired) electrons. The first-order valence-electron chi connectivity index (χ1n) is 5.78. The molecule has 0 spiro atoms. The average molecular weight is 301 g/mol. The van der Waals surface area contributed by atoms with E-state index in [0.29, 0.717) is 5.56 Å². The largest absolute Gasteiger partial charge is 0.341 e. The van der Waals surface area contributed by atoms with Gasteiger partial charge in [0.1, 0.15) is 6.07 Å². The van der Waals surface area contributed by atoms with Crippen molar-refractivity contribution in [3.8, 4) is 6.07 Å². The SMILES string of the molecule is CCN(c1ccccc1)c1ccc(Br)cc1C#N. The van der Waals surface area contributed by atoms with Crippen LogP contribution in [0.1, 0.15) is 12.5 Å². The van der Waals surface area contributed by atoms with E-state index in [9.17, 15) is 5.26 Å². The minimum atomic E-state index is 0.676. The van der Waals surface area contributed by atoms with Gasteiger partial charge in [-0.25, -0.2) is 0 Å². The summed E-state index contributed by atoms with van der Waals surface area (Å²) in [7, 11) is 0. The fourth-order valence-corrected chi connectivity index (χ4v) is 2.29. The second kappa shape index (κ2) is 5.70. The molecule has 2 aromatic rings. The van der Waals surface area contributed by atoms with Gasteiger partial charge in [0.2, 0.25) is 0 Å². The van der Waals surface area contributed by atoms with Gasteiger partial charge in [-0.05, 0) is 37.3 Å². The Morgan fingerprint density at radius 1 is 1.17 bits per heavy atom. The van der Waals surface area contributed by atoms with Crippen LogP contribution in [0, 0.1) is 11.3 Å². The molecular formula is C15H13BrN2. The van der Waals surface area contributed by atoms with Crippen molar-refractivity contribution in [1.29, 1.82) is 5.26 Å². The van der Waals surface area contributed by atoms with Gasteiger partial charge in [-0.15, -0.1) is 0 Å². The van der Waals surface area contributed by atoms with Gasteiger partial charge in [0, 0.05) is 16.7 Å². The van der Waals surface area contributed by atoms with Gasteiger partial charge in [0.05, 0.1) is 11.3 Å². The number of hydrogen-bond acceptors (Lipinski definition) is 2. The van der Waals surface area contributed by atoms with E-state index in [0.717, 1.165) is 22.4 Å². The van der Waals surface area contributed by atoms with Crippen LogP contribution >= 0.6 is 15.9 Å². The number of hydrogen-bond donors (Lipinski definition) is 0. The first-order chi connectivity index (χ1) is 8.76. The van der Waals surface area contributed by atoms with Gasteiger partial charge >= 0.3 is 0 Å². The van der Waals surface area contributed by atoms with Crippen molar-refractivity contribution >= 4 is 27.3 Å². The second-order valence-corrected chi connectivity index (χ2v) is 4.77. The Bertz CT molecular complexity index is 573. The quantitative estimate of drug-likeness (QED) is 0.836. The maximum Gasteiger partial charge on any atom is 0.101 e. The monoisotopic (exact) mass is 300 g/mol. The molecule has 0 fully saturated rings. The molecule has 0 amide bonds. The number of anilines is 2. The number of benzene rings is 2. The van der Waals surface area contributed by atoms with Crippen LogP contribution < -0.4 is 4.90 Å². The summed E-state index contributed by atoms with van der Waals surface area (Å²) >= 11 is 3.39. The van der Waals surface area contributed by atoms with Crippen molar-refractivity contribution in [2.45, 2.75) is 6.92 Å². The third-order valence-corrected chi connectivity index (χ3v) is 3.25. The summed E-state index contributed by atoms with van der Waals surface area (Å²) in [5.41, 5.74) is 2.71. The lowest BCUT2D eigenvalue weighted by molar-refractivity contribution is 1.02. The Hall–Kier alpha value is -1.79. The van der Waals surface area contributed by atoms with Gasteiger partial charge in [-0.3, -0.25) is 0 Å². The van der Waals surface area contributed by atoms with Crippen LogP contribution in [-0.4, -0.2) is 6.54 Å². The Balaban J connectivity index is 2.49. The number of halogens is 1. The minimum absolute atomic E-state index is 0.676. The molecule has 0 saturated heterocycles. The zero-order valence-corrected chi connectivity index (χ0v) is 11.7. The van der Waals surface area contributed by atoms with E-state index in [1.165, 1.54) is 0 Å². The van der Waals surface area contributed by atoms with Crippen molar-refractivity contribution in [1.82, 2.24) is 0 Å². The fourth-order valence-electron chi connectivity index (χ4n) is 1.93. The molecule has 3 heteroatoms. The summed E-state index contributed by atoms with van der Waals surface area (Å²) in [6.07, 6.45) is 0. The molecule has 0 N–H and O–H groups in total. The van der Waals surface area contributed by atoms with Crippen LogP contribution in [0.5, 0.6) is 0 Å². The standard InChI is InChI=1S/C15H13BrN2/c1-2-18(14-6-4-3-5-7-14)15-9-8-13(16)10-12(15)11-17/h3-10H,2H2,1H3. The smallest absolute Gasteiger partial charge is 0.101 e. The fraction of sp³-hybridized carbons (Fsp3) is 0.133. The summed E-state index contributed by atoms with van der Waals surface area (Å²) < 4.78 is 0.923. The Labute approximate surface area is 116 Å². The summed E-state index contributed by atoms with van der Waals surface area (Å²) in [6, 6.07) is 18.1. The predicted octanol–water partition coefficient (Wildman–Crippen LogP) is 4.48. The van der Waals surface area contributed by atoms with Crippen molar-refractivity contribution in [2.24, 2.45) is 0 Å². The number of para-hydroxylation sites is 1. The third-order valence-electron chi connectivity index (χ3n) is 2.75. The van der Waals surface area contributed by atoms with Crippen LogP contribution in [-0.2, 0) is 0 Å². The average Bonchev–Trinajstić information content (AvgIpc) is 2.42. The Morgan fingerprint density at radius 2 is 1.89 bits per heavy atom. The highest BCUT2D eigenvalue weighted by Gasteiger charge is 2.11. The molecule has 2 aromatic carbocycles. The van der Waals surface area contributed by atoms with Crippen molar-refractivity contribution in [2.75, 3.05) is 11.4 Å². The van der Waals surface area contributed by atoms with E-state index in [1.54, 1.807) is 0 Å². The first kappa shape index (κ1) is 12.7. The molecule has 0 unspecified atom stereocenters. The van der Waals surface area contributed by atoms with Crippen LogP contribution in [0.2, 0.25) is 0 Å². The topological polar surface area (TPSA) is 27.0 Å². The Morgan fingerprint density at radius 3 is 2.50 bits per heavy atom. The zero-order valence-electron chi connectivity index (χ0n) is 10.1. The molecule has 2 nitrogen and oxygen atoms in total. The summed E-state index contributed by atoms with van der Waals surface area (Å²) in [5.74, 6) is 0. The van der Waals surface area contributed by atoms with Gasteiger partial charge in [-0.1, -0.05) is 34.1 Å². The van der Waals surface area contributed by atoms with E-state index in [4.69, 9.17) is 0 Å². The molecule has 0 aliphatic rings. The summed E-state index contributed by atoms with van der Waals surface area (Å²) in [6.45, 7) is 2.90. The van der Waals surface area contributed by atoms with Crippen LogP contribution in [0.25, 0.3) is 0 Å². The third kappa shape index (κ3) is 2.55. The molecule has 0 aromatic heterocycles. The van der Waals surface area contributed by atoms with Gasteiger partial charge in [-0.2, -0.15) is 5.26 Å². The van der Waals surface area contributed by atoms with E-state index in [2.05, 4.69) is 33.8 Å². The van der Waals surface area contributed by atoms with Gasteiger partial charge in [0.25, 0.3) is 0 Å². The lowest BCUT2D eigenvalue weighted by Crippen LogP contribution is -2.17. The molecule has 0 saturated carbocycles. The molecule has 90 valence electrons. The maximum absolute atomic E-state index is 9.24. The highest BCUT2D eigenvalue weighted by atomic mass is 79.9. The van der Waals surface area contributed by atoms with Crippen LogP contribution in [0.15, 0.2) is 53.0 Å². The maximum atomic E-state index is 9.24. The van der Waals surface area contributed by atoms with E-state index in [1.807, 2.05) is 48.5 Å². The Kier molecular flexibility index (Phi) is 4.01. The molecule has 0 atom stereocenters. The minimum Gasteiger partial charge on any atom is -0.341 e. The normalized spacial score (nSPS) is 9.83. The molecule has 18 heavy (non-hydrogen) atoms. The summed E-state index contributed by atoms with van der Waals surface area (Å²) in [4.78, 5) is 2.13. The molecule has 0 aliphatic heterocycles. The lowest BCUT2D eigenvalue weighted by atomic mass is 10.1. The molecule has 0 heterocycles. The number of nitrogens with zero attached hydrogens (tertiary/aromatic N) is 2. The van der Waals surface area contributed by atoms with Crippen LogP contribution in [0.4, 0.5) is 11.4 Å². The number of rotatable bonds is 3. The predicted molar refractivity (Wildman–Crippen MR) is 78.0 cm³/mol. The highest BCUT2D eigenvalue weighted by molar-refractivity contribution is 9.10. The van der Waals surface area contributed by atoms with E-state index in [-0.39, 0.29) is 0 Å². The number of nitriles is 1. The van der Waals surface area contributed by atoms with E-state index >= 15 is 0 Å². The summed E-state index contributed by atoms with van der Waals surface area (Å²) in [5, 5.41) is 9.24. The lowest BCUT2D eigenvalue weighted by Gasteiger charge is -2.24. The van der Waals surface area contributed by atoms with E-state index < -0.39 is 0 Å². The van der Waals surface area contributed by atoms with Crippen molar-refractivity contribution in [3.05, 3.63) is 58.6 Å². The van der Waals surface area contributed by atoms with Gasteiger partial charge in [0.15, 0.2) is 0 Å². The highest BCUT2D eigenvalue weighted by Crippen LogP contribution is 2.29. The molecule has 0 aliphatic carbocycles. The van der Waals surface area contributed by atoms with Gasteiger partial charge < -0.3 is 4.90 Å².